The van der Waals surface area contributed by atoms with E-state index in [9.17, 15) is 9.18 Å². The molecule has 0 bridgehead atoms. The molecule has 1 aromatic carbocycles. The average Bonchev–Trinajstić information content (AvgIpc) is 2.73. The van der Waals surface area contributed by atoms with Crippen molar-refractivity contribution in [2.45, 2.75) is 6.54 Å². The van der Waals surface area contributed by atoms with Crippen LogP contribution in [0, 0.1) is 5.82 Å². The first-order valence-corrected chi connectivity index (χ1v) is 5.31. The van der Waals surface area contributed by atoms with Gasteiger partial charge in [-0.25, -0.2) is 14.2 Å². The molecule has 0 fully saturated rings. The van der Waals surface area contributed by atoms with Gasteiger partial charge < -0.3 is 15.0 Å². The highest BCUT2D eigenvalue weighted by atomic mass is 19.1. The molecule has 2 rings (SSSR count). The summed E-state index contributed by atoms with van der Waals surface area (Å²) in [4.78, 5) is 15.1. The fraction of sp³-hybridized carbons (Fsp3) is 0.167. The first-order chi connectivity index (χ1) is 8.58. The maximum absolute atomic E-state index is 13.0. The summed E-state index contributed by atoms with van der Waals surface area (Å²) >= 11 is 0. The van der Waals surface area contributed by atoms with Crippen molar-refractivity contribution < 1.29 is 14.3 Å². The van der Waals surface area contributed by atoms with Gasteiger partial charge in [0.05, 0.1) is 12.1 Å². The Labute approximate surface area is 103 Å². The number of anilines is 1. The highest BCUT2D eigenvalue weighted by Crippen LogP contribution is 2.17. The van der Waals surface area contributed by atoms with E-state index in [4.69, 9.17) is 5.11 Å². The first kappa shape index (κ1) is 12.1. The van der Waals surface area contributed by atoms with Crippen molar-refractivity contribution in [2.75, 3.05) is 5.32 Å². The molecule has 0 radical (unpaired) electrons. The van der Waals surface area contributed by atoms with Crippen molar-refractivity contribution in [3.63, 3.8) is 0 Å². The Morgan fingerprint density at radius 3 is 2.94 bits per heavy atom. The van der Waals surface area contributed by atoms with Gasteiger partial charge in [0, 0.05) is 25.1 Å². The summed E-state index contributed by atoms with van der Waals surface area (Å²) in [5.41, 5.74) is 0.274. The van der Waals surface area contributed by atoms with Gasteiger partial charge >= 0.3 is 5.97 Å². The number of hydrogen-bond acceptors (Lipinski definition) is 3. The summed E-state index contributed by atoms with van der Waals surface area (Å²) in [6, 6.07) is 3.61. The van der Waals surface area contributed by atoms with Gasteiger partial charge in [-0.1, -0.05) is 0 Å². The molecule has 5 nitrogen and oxygen atoms in total. The van der Waals surface area contributed by atoms with Crippen LogP contribution in [0.5, 0.6) is 0 Å². The van der Waals surface area contributed by atoms with Gasteiger partial charge in [-0.05, 0) is 18.2 Å². The Kier molecular flexibility index (Phi) is 3.27. The van der Waals surface area contributed by atoms with Crippen LogP contribution in [0.3, 0.4) is 0 Å². The summed E-state index contributed by atoms with van der Waals surface area (Å²) in [5, 5.41) is 11.9. The van der Waals surface area contributed by atoms with Gasteiger partial charge in [0.15, 0.2) is 0 Å². The highest BCUT2D eigenvalue weighted by Gasteiger charge is 2.11. The Hall–Kier alpha value is -2.37. The molecule has 6 heteroatoms. The normalized spacial score (nSPS) is 10.3. The lowest BCUT2D eigenvalue weighted by Crippen LogP contribution is -2.09. The van der Waals surface area contributed by atoms with Crippen molar-refractivity contribution in [1.29, 1.82) is 0 Å². The van der Waals surface area contributed by atoms with Crippen molar-refractivity contribution in [3.8, 4) is 0 Å². The monoisotopic (exact) mass is 249 g/mol. The molecule has 1 aromatic heterocycles. The van der Waals surface area contributed by atoms with E-state index in [1.165, 1.54) is 12.1 Å². The molecule has 94 valence electrons. The largest absolute Gasteiger partial charge is 0.478 e. The number of imidazole rings is 1. The topological polar surface area (TPSA) is 67.2 Å². The second kappa shape index (κ2) is 4.87. The van der Waals surface area contributed by atoms with Crippen LogP contribution in [0.25, 0.3) is 0 Å². The zero-order valence-corrected chi connectivity index (χ0v) is 9.72. The minimum Gasteiger partial charge on any atom is -0.478 e. The molecule has 0 unspecified atom stereocenters. The summed E-state index contributed by atoms with van der Waals surface area (Å²) < 4.78 is 14.8. The van der Waals surface area contributed by atoms with E-state index in [2.05, 4.69) is 10.3 Å². The highest BCUT2D eigenvalue weighted by molar-refractivity contribution is 5.94. The number of carbonyl (C=O) groups is 1. The molecule has 2 aromatic rings. The average molecular weight is 249 g/mol. The zero-order valence-electron chi connectivity index (χ0n) is 9.72. The third-order valence-electron chi connectivity index (χ3n) is 2.57. The molecule has 0 aliphatic heterocycles. The number of hydrogen-bond donors (Lipinski definition) is 2. The number of benzene rings is 1. The number of carboxylic acid groups (broad SMARTS) is 1. The maximum Gasteiger partial charge on any atom is 0.337 e. The molecule has 0 atom stereocenters. The van der Waals surface area contributed by atoms with Crippen LogP contribution in [0.15, 0.2) is 30.6 Å². The number of halogens is 1. The fourth-order valence-corrected chi connectivity index (χ4v) is 1.59. The van der Waals surface area contributed by atoms with Gasteiger partial charge in [-0.15, -0.1) is 0 Å². The number of aromatic carboxylic acids is 1. The van der Waals surface area contributed by atoms with Crippen LogP contribution in [-0.2, 0) is 13.6 Å². The number of aromatic nitrogens is 2. The summed E-state index contributed by atoms with van der Waals surface area (Å²) in [6.45, 7) is 0.370. The van der Waals surface area contributed by atoms with Crippen LogP contribution < -0.4 is 5.32 Å². The van der Waals surface area contributed by atoms with E-state index < -0.39 is 11.8 Å². The number of carboxylic acids is 1. The number of rotatable bonds is 4. The fourth-order valence-electron chi connectivity index (χ4n) is 1.59. The lowest BCUT2D eigenvalue weighted by molar-refractivity contribution is 0.0697. The molecule has 0 saturated heterocycles. The number of aryl methyl sites for hydroxylation is 1. The molecule has 0 aliphatic carbocycles. The molecular weight excluding hydrogens is 237 g/mol. The van der Waals surface area contributed by atoms with Gasteiger partial charge in [0.2, 0.25) is 0 Å². The zero-order chi connectivity index (χ0) is 13.1. The van der Waals surface area contributed by atoms with E-state index in [0.29, 0.717) is 12.2 Å². The molecule has 0 aliphatic rings. The minimum absolute atomic E-state index is 0.0933. The summed E-state index contributed by atoms with van der Waals surface area (Å²) in [6.07, 6.45) is 3.44. The van der Waals surface area contributed by atoms with Crippen LogP contribution in [0.4, 0.5) is 10.1 Å². The minimum atomic E-state index is -1.17. The van der Waals surface area contributed by atoms with E-state index >= 15 is 0 Å². The number of nitrogens with zero attached hydrogens (tertiary/aromatic N) is 2. The van der Waals surface area contributed by atoms with Crippen molar-refractivity contribution in [3.05, 3.63) is 47.8 Å². The third kappa shape index (κ3) is 2.48. The lowest BCUT2D eigenvalue weighted by atomic mass is 10.1. The number of nitrogens with one attached hydrogen (secondary N) is 1. The van der Waals surface area contributed by atoms with Crippen molar-refractivity contribution >= 4 is 11.7 Å². The lowest BCUT2D eigenvalue weighted by Gasteiger charge is -2.09. The first-order valence-electron chi connectivity index (χ1n) is 5.31. The third-order valence-corrected chi connectivity index (χ3v) is 2.57. The predicted octanol–water partition coefficient (Wildman–Crippen LogP) is 1.87. The molecule has 2 N–H and O–H groups in total. The molecule has 0 amide bonds. The Morgan fingerprint density at radius 2 is 2.33 bits per heavy atom. The van der Waals surface area contributed by atoms with Crippen molar-refractivity contribution in [1.82, 2.24) is 9.55 Å². The molecular formula is C12H12FN3O2. The predicted molar refractivity (Wildman–Crippen MR) is 63.9 cm³/mol. The van der Waals surface area contributed by atoms with Gasteiger partial charge in [-0.2, -0.15) is 0 Å². The van der Waals surface area contributed by atoms with Crippen LogP contribution in [0.2, 0.25) is 0 Å². The Bertz CT molecular complexity index is 580. The Balaban J connectivity index is 2.19. The maximum atomic E-state index is 13.0. The standard InChI is InChI=1S/C12H12FN3O2/c1-16-5-4-14-11(16)7-15-10-3-2-8(13)6-9(10)12(17)18/h2-6,15H,7H2,1H3,(H,17,18). The molecule has 18 heavy (non-hydrogen) atoms. The van der Waals surface area contributed by atoms with Crippen molar-refractivity contribution in [2.24, 2.45) is 7.05 Å². The molecule has 0 spiro atoms. The van der Waals surface area contributed by atoms with E-state index in [0.717, 1.165) is 11.9 Å². The summed E-state index contributed by atoms with van der Waals surface area (Å²) in [5.74, 6) is -0.984. The van der Waals surface area contributed by atoms with Gasteiger partial charge in [0.25, 0.3) is 0 Å². The van der Waals surface area contributed by atoms with Crippen LogP contribution >= 0.6 is 0 Å². The van der Waals surface area contributed by atoms with Crippen LogP contribution in [-0.4, -0.2) is 20.6 Å². The second-order valence-electron chi connectivity index (χ2n) is 3.80. The quantitative estimate of drug-likeness (QED) is 0.868. The molecule has 1 heterocycles. The molecule has 0 saturated carbocycles. The van der Waals surface area contributed by atoms with E-state index in [1.54, 1.807) is 12.4 Å². The van der Waals surface area contributed by atoms with E-state index in [-0.39, 0.29) is 5.56 Å². The second-order valence-corrected chi connectivity index (χ2v) is 3.80. The Morgan fingerprint density at radius 1 is 1.56 bits per heavy atom. The smallest absolute Gasteiger partial charge is 0.337 e. The van der Waals surface area contributed by atoms with Crippen LogP contribution in [0.1, 0.15) is 16.2 Å². The summed E-state index contributed by atoms with van der Waals surface area (Å²) in [7, 11) is 1.84. The van der Waals surface area contributed by atoms with Gasteiger partial charge in [0.1, 0.15) is 11.6 Å². The van der Waals surface area contributed by atoms with E-state index in [1.807, 2.05) is 11.6 Å². The SMILES string of the molecule is Cn1ccnc1CNc1ccc(F)cc1C(=O)O. The van der Waals surface area contributed by atoms with Gasteiger partial charge in [-0.3, -0.25) is 0 Å².